The maximum absolute atomic E-state index is 12.0. The summed E-state index contributed by atoms with van der Waals surface area (Å²) in [5.41, 5.74) is 0.820. The molecule has 2 aromatic rings. The Hall–Kier alpha value is -2.43. The lowest BCUT2D eigenvalue weighted by atomic mass is 10.1. The molecule has 3 rings (SSSR count). The fourth-order valence-electron chi connectivity index (χ4n) is 1.60. The molecule has 0 saturated heterocycles. The third-order valence-corrected chi connectivity index (χ3v) is 2.43. The van der Waals surface area contributed by atoms with Gasteiger partial charge in [0.25, 0.3) is 0 Å². The van der Waals surface area contributed by atoms with Gasteiger partial charge in [0, 0.05) is 18.0 Å². The number of ketones is 1. The highest BCUT2D eigenvalue weighted by Crippen LogP contribution is 2.32. The second kappa shape index (κ2) is 3.86. The topological polar surface area (TPSA) is 61.3 Å². The minimum atomic E-state index is -0.184. The van der Waals surface area contributed by atoms with Crippen LogP contribution in [0.5, 0.6) is 11.5 Å². The van der Waals surface area contributed by atoms with Crippen LogP contribution in [-0.2, 0) is 0 Å². The van der Waals surface area contributed by atoms with Crippen LogP contribution >= 0.6 is 0 Å². The van der Waals surface area contributed by atoms with Gasteiger partial charge in [-0.1, -0.05) is 0 Å². The zero-order chi connectivity index (χ0) is 11.7. The van der Waals surface area contributed by atoms with E-state index in [-0.39, 0.29) is 12.6 Å². The summed E-state index contributed by atoms with van der Waals surface area (Å²) in [5, 5.41) is 0. The van der Waals surface area contributed by atoms with Gasteiger partial charge in [-0.15, -0.1) is 0 Å². The van der Waals surface area contributed by atoms with E-state index in [2.05, 4.69) is 9.97 Å². The van der Waals surface area contributed by atoms with E-state index in [1.807, 2.05) is 0 Å². The molecule has 5 nitrogen and oxygen atoms in total. The zero-order valence-electron chi connectivity index (χ0n) is 8.79. The largest absolute Gasteiger partial charge is 0.454 e. The average Bonchev–Trinajstić information content (AvgIpc) is 2.86. The first-order valence-electron chi connectivity index (χ1n) is 5.05. The number of carbonyl (C=O) groups is 1. The lowest BCUT2D eigenvalue weighted by Gasteiger charge is -2.01. The minimum absolute atomic E-state index is 0.184. The molecule has 0 fully saturated rings. The van der Waals surface area contributed by atoms with Crippen LogP contribution in [0.2, 0.25) is 0 Å². The molecule has 0 unspecified atom stereocenters. The lowest BCUT2D eigenvalue weighted by molar-refractivity contribution is 0.103. The van der Waals surface area contributed by atoms with Gasteiger partial charge in [-0.2, -0.15) is 0 Å². The molecular weight excluding hydrogens is 220 g/mol. The van der Waals surface area contributed by atoms with Crippen LogP contribution < -0.4 is 9.47 Å². The first kappa shape index (κ1) is 9.77. The zero-order valence-corrected chi connectivity index (χ0v) is 8.79. The van der Waals surface area contributed by atoms with Crippen molar-refractivity contribution >= 4 is 5.78 Å². The van der Waals surface area contributed by atoms with Crippen molar-refractivity contribution in [3.63, 3.8) is 0 Å². The molecule has 0 N–H and O–H groups in total. The molecule has 5 heteroatoms. The Morgan fingerprint density at radius 3 is 2.88 bits per heavy atom. The Labute approximate surface area is 97.0 Å². The highest BCUT2D eigenvalue weighted by atomic mass is 16.7. The molecule has 0 radical (unpaired) electrons. The molecule has 84 valence electrons. The van der Waals surface area contributed by atoms with Gasteiger partial charge in [-0.25, -0.2) is 4.98 Å². The smallest absolute Gasteiger partial charge is 0.231 e. The van der Waals surface area contributed by atoms with Crippen molar-refractivity contribution in [2.24, 2.45) is 0 Å². The summed E-state index contributed by atoms with van der Waals surface area (Å²) in [5.74, 6) is 1.05. The van der Waals surface area contributed by atoms with Crippen molar-refractivity contribution in [1.82, 2.24) is 9.97 Å². The summed E-state index contributed by atoms with van der Waals surface area (Å²) >= 11 is 0. The standard InChI is InChI=1S/C12H8N2O3/c15-12(9-6-13-3-4-14-9)8-1-2-10-11(5-8)17-7-16-10/h1-6H,7H2. The van der Waals surface area contributed by atoms with Gasteiger partial charge in [0.1, 0.15) is 5.69 Å². The van der Waals surface area contributed by atoms with Crippen molar-refractivity contribution < 1.29 is 14.3 Å². The second-order valence-corrected chi connectivity index (χ2v) is 3.49. The SMILES string of the molecule is O=C(c1ccc2c(c1)OCO2)c1cnccn1. The molecule has 1 aliphatic heterocycles. The summed E-state index contributed by atoms with van der Waals surface area (Å²) in [6, 6.07) is 5.05. The third kappa shape index (κ3) is 1.71. The van der Waals surface area contributed by atoms with E-state index in [1.54, 1.807) is 18.2 Å². The minimum Gasteiger partial charge on any atom is -0.454 e. The number of hydrogen-bond acceptors (Lipinski definition) is 5. The van der Waals surface area contributed by atoms with Gasteiger partial charge < -0.3 is 9.47 Å². The van der Waals surface area contributed by atoms with Crippen LogP contribution in [0.25, 0.3) is 0 Å². The highest BCUT2D eigenvalue weighted by molar-refractivity contribution is 6.07. The number of aromatic nitrogens is 2. The molecular formula is C12H8N2O3. The summed E-state index contributed by atoms with van der Waals surface area (Å²) in [6.07, 6.45) is 4.45. The number of rotatable bonds is 2. The molecule has 0 saturated carbocycles. The lowest BCUT2D eigenvalue weighted by Crippen LogP contribution is -2.04. The van der Waals surface area contributed by atoms with Gasteiger partial charge >= 0.3 is 0 Å². The summed E-state index contributed by atoms with van der Waals surface area (Å²) in [7, 11) is 0. The Morgan fingerprint density at radius 2 is 2.06 bits per heavy atom. The normalized spacial score (nSPS) is 12.5. The molecule has 1 aromatic carbocycles. The number of nitrogens with zero attached hydrogens (tertiary/aromatic N) is 2. The molecule has 1 aromatic heterocycles. The molecule has 17 heavy (non-hydrogen) atoms. The first-order chi connectivity index (χ1) is 8.34. The first-order valence-corrected chi connectivity index (χ1v) is 5.05. The van der Waals surface area contributed by atoms with Gasteiger partial charge in [0.15, 0.2) is 11.5 Å². The summed E-state index contributed by atoms with van der Waals surface area (Å²) in [6.45, 7) is 0.193. The van der Waals surface area contributed by atoms with Gasteiger partial charge in [-0.3, -0.25) is 9.78 Å². The van der Waals surface area contributed by atoms with E-state index in [1.165, 1.54) is 18.6 Å². The van der Waals surface area contributed by atoms with Gasteiger partial charge in [0.2, 0.25) is 12.6 Å². The molecule has 0 aliphatic carbocycles. The van der Waals surface area contributed by atoms with Crippen LogP contribution in [-0.4, -0.2) is 22.5 Å². The third-order valence-electron chi connectivity index (χ3n) is 2.43. The second-order valence-electron chi connectivity index (χ2n) is 3.49. The van der Waals surface area contributed by atoms with E-state index < -0.39 is 0 Å². The highest BCUT2D eigenvalue weighted by Gasteiger charge is 2.17. The van der Waals surface area contributed by atoms with Gasteiger partial charge in [-0.05, 0) is 18.2 Å². The molecule has 0 bridgehead atoms. The quantitative estimate of drug-likeness (QED) is 0.728. The average molecular weight is 228 g/mol. The molecule has 0 amide bonds. The number of hydrogen-bond donors (Lipinski definition) is 0. The number of fused-ring (bicyclic) bond motifs is 1. The van der Waals surface area contributed by atoms with Crippen molar-refractivity contribution in [2.75, 3.05) is 6.79 Å². The summed E-state index contributed by atoms with van der Waals surface area (Å²) < 4.78 is 10.4. The number of benzene rings is 1. The fraction of sp³-hybridized carbons (Fsp3) is 0.0833. The molecule has 0 atom stereocenters. The predicted octanol–water partition coefficient (Wildman–Crippen LogP) is 1.44. The maximum atomic E-state index is 12.0. The monoisotopic (exact) mass is 228 g/mol. The fourth-order valence-corrected chi connectivity index (χ4v) is 1.60. The van der Waals surface area contributed by atoms with Crippen LogP contribution in [0.4, 0.5) is 0 Å². The molecule has 2 heterocycles. The van der Waals surface area contributed by atoms with Crippen LogP contribution in [0.1, 0.15) is 16.1 Å². The van der Waals surface area contributed by atoms with Crippen molar-refractivity contribution in [2.45, 2.75) is 0 Å². The van der Waals surface area contributed by atoms with E-state index >= 15 is 0 Å². The van der Waals surface area contributed by atoms with Crippen molar-refractivity contribution in [3.05, 3.63) is 48.0 Å². The van der Waals surface area contributed by atoms with E-state index in [9.17, 15) is 4.79 Å². The van der Waals surface area contributed by atoms with Crippen LogP contribution in [0.3, 0.4) is 0 Å². The van der Waals surface area contributed by atoms with Crippen LogP contribution in [0.15, 0.2) is 36.8 Å². The van der Waals surface area contributed by atoms with E-state index in [0.717, 1.165) is 0 Å². The van der Waals surface area contributed by atoms with Crippen molar-refractivity contribution in [3.8, 4) is 11.5 Å². The van der Waals surface area contributed by atoms with Crippen LogP contribution in [0, 0.1) is 0 Å². The number of ether oxygens (including phenoxy) is 2. The van der Waals surface area contributed by atoms with Crippen molar-refractivity contribution in [1.29, 1.82) is 0 Å². The summed E-state index contributed by atoms with van der Waals surface area (Å²) in [4.78, 5) is 19.9. The number of carbonyl (C=O) groups excluding carboxylic acids is 1. The Kier molecular flexibility index (Phi) is 2.22. The Morgan fingerprint density at radius 1 is 1.18 bits per heavy atom. The molecule has 0 spiro atoms. The van der Waals surface area contributed by atoms with E-state index in [0.29, 0.717) is 22.8 Å². The maximum Gasteiger partial charge on any atom is 0.231 e. The Balaban J connectivity index is 1.97. The Bertz CT molecular complexity index is 569. The van der Waals surface area contributed by atoms with E-state index in [4.69, 9.17) is 9.47 Å². The van der Waals surface area contributed by atoms with Gasteiger partial charge in [0.05, 0.1) is 6.20 Å². The predicted molar refractivity (Wildman–Crippen MR) is 58.0 cm³/mol. The molecule has 1 aliphatic rings.